The van der Waals surface area contributed by atoms with E-state index in [1.807, 2.05) is 0 Å². The summed E-state index contributed by atoms with van der Waals surface area (Å²) in [6, 6.07) is 2.67. The number of thioether (sulfide) groups is 1. The van der Waals surface area contributed by atoms with Crippen molar-refractivity contribution < 1.29 is 19.1 Å². The van der Waals surface area contributed by atoms with Crippen LogP contribution in [0.25, 0.3) is 0 Å². The number of aromatic nitrogens is 2. The number of rotatable bonds is 2. The molecule has 0 saturated carbocycles. The van der Waals surface area contributed by atoms with Crippen LogP contribution in [0.15, 0.2) is 11.4 Å². The van der Waals surface area contributed by atoms with E-state index < -0.39 is 23.4 Å². The van der Waals surface area contributed by atoms with Gasteiger partial charge in [-0.25, -0.2) is 19.6 Å². The van der Waals surface area contributed by atoms with Crippen molar-refractivity contribution in [3.63, 3.8) is 0 Å². The van der Waals surface area contributed by atoms with Gasteiger partial charge in [0, 0.05) is 12.3 Å². The summed E-state index contributed by atoms with van der Waals surface area (Å²) in [7, 11) is 0. The van der Waals surface area contributed by atoms with E-state index in [9.17, 15) is 9.59 Å². The van der Waals surface area contributed by atoms with Gasteiger partial charge in [-0.1, -0.05) is 11.8 Å². The van der Waals surface area contributed by atoms with E-state index in [1.54, 1.807) is 47.8 Å². The van der Waals surface area contributed by atoms with Gasteiger partial charge >= 0.3 is 12.2 Å². The van der Waals surface area contributed by atoms with Crippen LogP contribution in [0.3, 0.4) is 0 Å². The number of amides is 2. The molecule has 23 heavy (non-hydrogen) atoms. The van der Waals surface area contributed by atoms with Gasteiger partial charge in [-0.2, -0.15) is 4.90 Å². The Morgan fingerprint density at radius 2 is 1.57 bits per heavy atom. The Bertz CT molecular complexity index is 551. The molecule has 0 spiro atoms. The van der Waals surface area contributed by atoms with E-state index in [1.165, 1.54) is 18.0 Å². The predicted octanol–water partition coefficient (Wildman–Crippen LogP) is 3.68. The van der Waals surface area contributed by atoms with Crippen LogP contribution < -0.4 is 4.90 Å². The van der Waals surface area contributed by atoms with Crippen molar-refractivity contribution in [1.29, 1.82) is 0 Å². The number of nitrogens with zero attached hydrogens (tertiary/aromatic N) is 3. The third-order valence-electron chi connectivity index (χ3n) is 2.12. The predicted molar refractivity (Wildman–Crippen MR) is 87.6 cm³/mol. The lowest BCUT2D eigenvalue weighted by atomic mass is 10.2. The van der Waals surface area contributed by atoms with Gasteiger partial charge < -0.3 is 9.47 Å². The molecule has 1 aromatic rings. The molecule has 0 aliphatic carbocycles. The van der Waals surface area contributed by atoms with Crippen molar-refractivity contribution in [2.45, 2.75) is 57.9 Å². The van der Waals surface area contributed by atoms with Crippen LogP contribution in [0.2, 0.25) is 0 Å². The normalized spacial score (nSPS) is 11.8. The van der Waals surface area contributed by atoms with E-state index >= 15 is 0 Å². The number of anilines is 1. The molecule has 0 fully saturated rings. The summed E-state index contributed by atoms with van der Waals surface area (Å²) in [4.78, 5) is 33.6. The lowest BCUT2D eigenvalue weighted by Crippen LogP contribution is -2.44. The lowest BCUT2D eigenvalue weighted by Gasteiger charge is -2.27. The van der Waals surface area contributed by atoms with Gasteiger partial charge in [0.05, 0.1) is 0 Å². The second-order valence-corrected chi connectivity index (χ2v) is 7.39. The summed E-state index contributed by atoms with van der Waals surface area (Å²) in [6.07, 6.45) is 1.36. The number of imide groups is 1. The highest BCUT2D eigenvalue weighted by Crippen LogP contribution is 2.21. The minimum Gasteiger partial charge on any atom is -0.443 e. The molecule has 1 rings (SSSR count). The van der Waals surface area contributed by atoms with Gasteiger partial charge in [0.2, 0.25) is 0 Å². The number of carbonyl (C=O) groups is 2. The Balaban J connectivity index is 3.19. The molecule has 0 unspecified atom stereocenters. The fourth-order valence-electron chi connectivity index (χ4n) is 1.37. The molecule has 127 valence electrons. The molecule has 0 atom stereocenters. The summed E-state index contributed by atoms with van der Waals surface area (Å²) in [5.41, 5.74) is -1.54. The van der Waals surface area contributed by atoms with E-state index in [-0.39, 0.29) is 5.82 Å². The van der Waals surface area contributed by atoms with Gasteiger partial charge in [-0.15, -0.1) is 0 Å². The maximum absolute atomic E-state index is 12.4. The largest absolute Gasteiger partial charge is 0.443 e. The number of hydrogen-bond acceptors (Lipinski definition) is 7. The molecule has 8 heteroatoms. The second kappa shape index (κ2) is 7.16. The fraction of sp³-hybridized carbons (Fsp3) is 0.600. The maximum atomic E-state index is 12.4. The van der Waals surface area contributed by atoms with Crippen LogP contribution >= 0.6 is 11.8 Å². The first kappa shape index (κ1) is 19.2. The molecule has 7 nitrogen and oxygen atoms in total. The van der Waals surface area contributed by atoms with Gasteiger partial charge in [-0.3, -0.25) is 0 Å². The third kappa shape index (κ3) is 6.43. The van der Waals surface area contributed by atoms with Crippen molar-refractivity contribution in [1.82, 2.24) is 9.97 Å². The highest BCUT2D eigenvalue weighted by Gasteiger charge is 2.33. The van der Waals surface area contributed by atoms with Crippen molar-refractivity contribution >= 4 is 29.8 Å². The van der Waals surface area contributed by atoms with Crippen LogP contribution in [0.4, 0.5) is 15.4 Å². The number of ether oxygens (including phenoxy) is 2. The van der Waals surface area contributed by atoms with Crippen LogP contribution in [0.5, 0.6) is 0 Å². The van der Waals surface area contributed by atoms with Gasteiger partial charge in [0.15, 0.2) is 11.0 Å². The van der Waals surface area contributed by atoms with Crippen LogP contribution in [-0.2, 0) is 9.47 Å². The minimum absolute atomic E-state index is 0.0205. The molecule has 0 aromatic carbocycles. The van der Waals surface area contributed by atoms with Crippen molar-refractivity contribution in [3.05, 3.63) is 12.3 Å². The van der Waals surface area contributed by atoms with Crippen molar-refractivity contribution in [2.75, 3.05) is 11.2 Å². The molecular formula is C15H22N3O4S. The smallest absolute Gasteiger partial charge is 0.425 e. The Labute approximate surface area is 140 Å². The molecule has 1 heterocycles. The van der Waals surface area contributed by atoms with E-state index in [0.717, 1.165) is 4.90 Å². The maximum Gasteiger partial charge on any atom is 0.425 e. The van der Waals surface area contributed by atoms with Crippen molar-refractivity contribution in [2.24, 2.45) is 0 Å². The Morgan fingerprint density at radius 1 is 1.09 bits per heavy atom. The monoisotopic (exact) mass is 340 g/mol. The third-order valence-corrected chi connectivity index (χ3v) is 2.68. The molecular weight excluding hydrogens is 318 g/mol. The Kier molecular flexibility index (Phi) is 5.98. The molecule has 0 aliphatic heterocycles. The molecule has 0 saturated heterocycles. The highest BCUT2D eigenvalue weighted by atomic mass is 32.2. The number of hydrogen-bond donors (Lipinski definition) is 0. The first-order valence-electron chi connectivity index (χ1n) is 6.98. The second-order valence-electron chi connectivity index (χ2n) is 6.62. The zero-order valence-corrected chi connectivity index (χ0v) is 15.3. The molecule has 1 radical (unpaired) electrons. The molecule has 0 N–H and O–H groups in total. The molecule has 2 amide bonds. The average molecular weight is 340 g/mol. The number of carbonyl (C=O) groups excluding carboxylic acids is 2. The standard InChI is InChI=1S/C15H22N3O4S/c1-14(2,3)21-12(19)18(13(20)22-15(4,5)6)10-8-9-16-11(17-10)23-7/h9H,1-7H3. The summed E-state index contributed by atoms with van der Waals surface area (Å²) in [6.45, 7) is 10.2. The topological polar surface area (TPSA) is 81.6 Å². The first-order valence-corrected chi connectivity index (χ1v) is 8.20. The summed E-state index contributed by atoms with van der Waals surface area (Å²) in [5.74, 6) is -0.0205. The molecule has 0 aliphatic rings. The molecule has 1 aromatic heterocycles. The summed E-state index contributed by atoms with van der Waals surface area (Å²) < 4.78 is 10.5. The summed E-state index contributed by atoms with van der Waals surface area (Å²) >= 11 is 1.28. The molecule has 0 bridgehead atoms. The van der Waals surface area contributed by atoms with Gasteiger partial charge in [-0.05, 0) is 47.8 Å². The zero-order valence-electron chi connectivity index (χ0n) is 14.5. The van der Waals surface area contributed by atoms with Crippen LogP contribution in [0, 0.1) is 6.07 Å². The summed E-state index contributed by atoms with van der Waals surface area (Å²) in [5, 5.41) is 0.399. The minimum atomic E-state index is -0.881. The lowest BCUT2D eigenvalue weighted by molar-refractivity contribution is 0.0428. The zero-order chi connectivity index (χ0) is 17.8. The van der Waals surface area contributed by atoms with Crippen LogP contribution in [-0.4, -0.2) is 39.6 Å². The van der Waals surface area contributed by atoms with Crippen molar-refractivity contribution in [3.8, 4) is 0 Å². The fourth-order valence-corrected chi connectivity index (χ4v) is 1.71. The van der Waals surface area contributed by atoms with Gasteiger partial charge in [0.25, 0.3) is 0 Å². The Morgan fingerprint density at radius 3 is 1.96 bits per heavy atom. The van der Waals surface area contributed by atoms with E-state index in [4.69, 9.17) is 9.47 Å². The SMILES string of the molecule is CSc1nc[c]c(N(C(=O)OC(C)(C)C)C(=O)OC(C)(C)C)n1. The van der Waals surface area contributed by atoms with Crippen LogP contribution in [0.1, 0.15) is 41.5 Å². The quantitative estimate of drug-likeness (QED) is 0.600. The Hall–Kier alpha value is -1.83. The van der Waals surface area contributed by atoms with E-state index in [2.05, 4.69) is 16.0 Å². The highest BCUT2D eigenvalue weighted by molar-refractivity contribution is 7.98. The first-order chi connectivity index (χ1) is 10.4. The average Bonchev–Trinajstić information content (AvgIpc) is 2.34. The van der Waals surface area contributed by atoms with Gasteiger partial charge in [0.1, 0.15) is 11.2 Å². The van der Waals surface area contributed by atoms with E-state index in [0.29, 0.717) is 5.16 Å².